The Kier molecular flexibility index (Phi) is 8.49. The van der Waals surface area contributed by atoms with Gasteiger partial charge in [0.05, 0.1) is 34.6 Å². The van der Waals surface area contributed by atoms with Gasteiger partial charge in [0.25, 0.3) is 0 Å². The molecule has 62 heavy (non-hydrogen) atoms. The smallest absolute Gasteiger partial charge is 0.166 e. The van der Waals surface area contributed by atoms with E-state index in [-0.39, 0.29) is 12.0 Å². The lowest BCUT2D eigenvalue weighted by atomic mass is 9.93. The summed E-state index contributed by atoms with van der Waals surface area (Å²) in [7, 11) is 0. The van der Waals surface area contributed by atoms with Gasteiger partial charge >= 0.3 is 0 Å². The Hall–Kier alpha value is -8.29. The second kappa shape index (κ2) is 14.8. The molecule has 12 rings (SSSR count). The molecular weight excluding hydrogens is 759 g/mol. The van der Waals surface area contributed by atoms with E-state index in [4.69, 9.17) is 19.9 Å². The molecule has 10 aromatic rings. The molecule has 7 heteroatoms. The van der Waals surface area contributed by atoms with Crippen molar-refractivity contribution in [1.29, 1.82) is 0 Å². The molecule has 0 spiro atoms. The highest BCUT2D eigenvalue weighted by atomic mass is 15.2. The largest absolute Gasteiger partial charge is 0.331 e. The lowest BCUT2D eigenvalue weighted by Gasteiger charge is -2.31. The van der Waals surface area contributed by atoms with Crippen LogP contribution in [0.15, 0.2) is 212 Å². The van der Waals surface area contributed by atoms with Crippen molar-refractivity contribution in [2.75, 3.05) is 4.90 Å². The molecule has 0 saturated carbocycles. The Bertz CT molecular complexity index is 3320. The van der Waals surface area contributed by atoms with Crippen LogP contribution in [0.25, 0.3) is 83.9 Å². The maximum Gasteiger partial charge on any atom is 0.166 e. The summed E-state index contributed by atoms with van der Waals surface area (Å²) < 4.78 is 2.33. The Morgan fingerprint density at radius 2 is 1.00 bits per heavy atom. The van der Waals surface area contributed by atoms with Crippen LogP contribution in [0.2, 0.25) is 0 Å². The zero-order valence-electron chi connectivity index (χ0n) is 33.5. The van der Waals surface area contributed by atoms with Gasteiger partial charge in [0, 0.05) is 68.8 Å². The number of rotatable bonds is 7. The highest BCUT2D eigenvalue weighted by molar-refractivity contribution is 6.10. The van der Waals surface area contributed by atoms with Crippen LogP contribution in [0.3, 0.4) is 0 Å². The Labute approximate surface area is 358 Å². The number of hydrogen-bond acceptors (Lipinski definition) is 6. The first-order valence-corrected chi connectivity index (χ1v) is 20.9. The summed E-state index contributed by atoms with van der Waals surface area (Å²) in [5, 5.41) is 2.27. The number of hydrogen-bond donors (Lipinski definition) is 0. The second-order valence-electron chi connectivity index (χ2n) is 15.6. The van der Waals surface area contributed by atoms with Crippen LogP contribution in [0.4, 0.5) is 11.4 Å². The second-order valence-corrected chi connectivity index (χ2v) is 15.6. The van der Waals surface area contributed by atoms with Crippen LogP contribution >= 0.6 is 0 Å². The molecule has 0 radical (unpaired) electrons. The van der Waals surface area contributed by atoms with E-state index in [0.29, 0.717) is 17.5 Å². The van der Waals surface area contributed by atoms with E-state index in [0.717, 1.165) is 77.8 Å². The molecule has 0 saturated heterocycles. The fourth-order valence-electron chi connectivity index (χ4n) is 9.46. The van der Waals surface area contributed by atoms with Gasteiger partial charge in [0.2, 0.25) is 0 Å². The maximum atomic E-state index is 5.57. The van der Waals surface area contributed by atoms with Crippen molar-refractivity contribution in [3.8, 4) is 62.1 Å². The molecule has 2 aliphatic heterocycles. The van der Waals surface area contributed by atoms with Crippen LogP contribution in [0.1, 0.15) is 11.5 Å². The van der Waals surface area contributed by atoms with Crippen LogP contribution < -0.4 is 4.90 Å². The van der Waals surface area contributed by atoms with Gasteiger partial charge in [-0.2, -0.15) is 0 Å². The highest BCUT2D eigenvalue weighted by Gasteiger charge is 2.40. The monoisotopic (exact) mass is 795 g/mol. The molecule has 5 heterocycles. The van der Waals surface area contributed by atoms with E-state index < -0.39 is 0 Å². The van der Waals surface area contributed by atoms with Crippen molar-refractivity contribution in [2.24, 2.45) is 4.99 Å². The maximum absolute atomic E-state index is 5.57. The third-order valence-electron chi connectivity index (χ3n) is 12.2. The minimum Gasteiger partial charge on any atom is -0.331 e. The van der Waals surface area contributed by atoms with Crippen molar-refractivity contribution in [2.45, 2.75) is 12.0 Å². The predicted molar refractivity (Wildman–Crippen MR) is 252 cm³/mol. The summed E-state index contributed by atoms with van der Waals surface area (Å²) >= 11 is 0. The minimum atomic E-state index is -0.0472. The van der Waals surface area contributed by atoms with Gasteiger partial charge in [-0.25, -0.2) is 15.0 Å². The van der Waals surface area contributed by atoms with Crippen LogP contribution in [0.5, 0.6) is 0 Å². The molecule has 0 bridgehead atoms. The van der Waals surface area contributed by atoms with Gasteiger partial charge in [-0.3, -0.25) is 9.98 Å². The van der Waals surface area contributed by atoms with Gasteiger partial charge in [-0.15, -0.1) is 0 Å². The first-order chi connectivity index (χ1) is 30.8. The number of fused-ring (bicyclic) bond motifs is 6. The molecule has 0 N–H and O–H groups in total. The van der Waals surface area contributed by atoms with E-state index in [1.165, 1.54) is 5.56 Å². The normalized spacial score (nSPS) is 15.3. The van der Waals surface area contributed by atoms with Crippen molar-refractivity contribution in [3.05, 3.63) is 212 Å². The van der Waals surface area contributed by atoms with E-state index >= 15 is 0 Å². The Morgan fingerprint density at radius 3 is 1.73 bits per heavy atom. The van der Waals surface area contributed by atoms with Crippen molar-refractivity contribution in [1.82, 2.24) is 24.5 Å². The van der Waals surface area contributed by atoms with E-state index in [9.17, 15) is 0 Å². The molecule has 292 valence electrons. The Morgan fingerprint density at radius 1 is 0.435 bits per heavy atom. The fraction of sp³-hybridized carbons (Fsp3) is 0.0364. The summed E-state index contributed by atoms with van der Waals surface area (Å²) in [5.41, 5.74) is 13.4. The summed E-state index contributed by atoms with van der Waals surface area (Å²) in [4.78, 5) is 28.1. The molecule has 2 aliphatic rings. The SMILES string of the molecule is C1=CC2c3ccccc3N(c3c(-c4ccccc4)cccc3-c3nc(-c4ccccc4)nc(-c4cccc(-c5ccccc5)c4-n4c5ccccc5c5ccncc54)n3)C2C=N1. The zero-order valence-corrected chi connectivity index (χ0v) is 33.5. The highest BCUT2D eigenvalue weighted by Crippen LogP contribution is 2.52. The number of anilines is 2. The van der Waals surface area contributed by atoms with Crippen molar-refractivity contribution >= 4 is 39.4 Å². The van der Waals surface area contributed by atoms with Crippen molar-refractivity contribution < 1.29 is 0 Å². The molecule has 2 unspecified atom stereocenters. The fourth-order valence-corrected chi connectivity index (χ4v) is 9.46. The summed E-state index contributed by atoms with van der Waals surface area (Å²) in [6.45, 7) is 0. The predicted octanol–water partition coefficient (Wildman–Crippen LogP) is 12.9. The summed E-state index contributed by atoms with van der Waals surface area (Å²) in [5.74, 6) is 1.86. The molecular formula is C55H37N7. The zero-order chi connectivity index (χ0) is 41.0. The standard InChI is InChI=1S/C55H37N7/c1-4-16-36(17-5-1)39-24-14-26-45(51(39)61-47-28-12-10-22-41(47)43-30-32-56-34-49(43)61)54-58-53(38-20-8-3-9-21-38)59-55(60-54)46-27-15-25-40(37-18-6-2-7-19-37)52(46)62-48-29-13-11-23-42(48)44-31-33-57-35-50(44)62/h1-35,43,49H. The third kappa shape index (κ3) is 5.78. The number of para-hydroxylation sites is 4. The van der Waals surface area contributed by atoms with Crippen molar-refractivity contribution in [3.63, 3.8) is 0 Å². The first kappa shape index (κ1) is 35.6. The lowest BCUT2D eigenvalue weighted by molar-refractivity contribution is 0.788. The van der Waals surface area contributed by atoms with Crippen LogP contribution in [-0.4, -0.2) is 36.8 Å². The van der Waals surface area contributed by atoms with E-state index in [1.807, 2.05) is 36.8 Å². The lowest BCUT2D eigenvalue weighted by Crippen LogP contribution is -2.33. The van der Waals surface area contributed by atoms with Gasteiger partial charge in [0.15, 0.2) is 17.5 Å². The van der Waals surface area contributed by atoms with Crippen LogP contribution in [0, 0.1) is 0 Å². The molecule has 2 atom stereocenters. The van der Waals surface area contributed by atoms with Gasteiger partial charge in [-0.1, -0.05) is 158 Å². The van der Waals surface area contributed by atoms with Crippen LogP contribution in [-0.2, 0) is 0 Å². The molecule has 0 aliphatic carbocycles. The summed E-state index contributed by atoms with van der Waals surface area (Å²) in [6, 6.07) is 63.6. The number of aromatic nitrogens is 5. The van der Waals surface area contributed by atoms with E-state index in [2.05, 4.69) is 191 Å². The average molecular weight is 796 g/mol. The molecule has 7 nitrogen and oxygen atoms in total. The van der Waals surface area contributed by atoms with Gasteiger partial charge < -0.3 is 9.47 Å². The number of nitrogens with zero attached hydrogens (tertiary/aromatic N) is 7. The average Bonchev–Trinajstić information content (AvgIpc) is 3.87. The molecule has 3 aromatic heterocycles. The minimum absolute atomic E-state index is 0.0472. The quantitative estimate of drug-likeness (QED) is 0.161. The molecule has 0 amide bonds. The number of benzene rings is 7. The molecule has 7 aromatic carbocycles. The first-order valence-electron chi connectivity index (χ1n) is 20.9. The number of aliphatic imine (C=N–C) groups is 1. The third-order valence-corrected chi connectivity index (χ3v) is 12.2. The molecule has 0 fully saturated rings. The van der Waals surface area contributed by atoms with Gasteiger partial charge in [0.1, 0.15) is 0 Å². The Balaban J connectivity index is 1.17. The van der Waals surface area contributed by atoms with E-state index in [1.54, 1.807) is 0 Å². The number of pyridine rings is 1. The topological polar surface area (TPSA) is 72.1 Å². The van der Waals surface area contributed by atoms with Gasteiger partial charge in [-0.05, 0) is 47.0 Å². The summed E-state index contributed by atoms with van der Waals surface area (Å²) in [6.07, 6.45) is 10.0.